The van der Waals surface area contributed by atoms with Gasteiger partial charge in [0.15, 0.2) is 5.82 Å². The highest BCUT2D eigenvalue weighted by molar-refractivity contribution is 6.13. The Bertz CT molecular complexity index is 4460. The summed E-state index contributed by atoms with van der Waals surface area (Å²) in [4.78, 5) is 200. The molecular formula is C88H120N16O22. The number of nitrogens with two attached hydrogens (primary N) is 1. The van der Waals surface area contributed by atoms with Gasteiger partial charge in [-0.05, 0) is 112 Å². The van der Waals surface area contributed by atoms with Crippen LogP contribution in [0.5, 0.6) is 5.75 Å². The van der Waals surface area contributed by atoms with Gasteiger partial charge in [0, 0.05) is 156 Å². The molecule has 2 unspecified atom stereocenters. The van der Waals surface area contributed by atoms with Gasteiger partial charge in [-0.15, -0.1) is 0 Å². The average molecular weight is 1750 g/mol. The van der Waals surface area contributed by atoms with Crippen molar-refractivity contribution >= 4 is 117 Å². The van der Waals surface area contributed by atoms with Gasteiger partial charge >= 0.3 is 6.09 Å². The minimum absolute atomic E-state index is 0.00176. The molecule has 3 fully saturated rings. The van der Waals surface area contributed by atoms with Crippen LogP contribution in [0.3, 0.4) is 0 Å². The second-order valence-corrected chi connectivity index (χ2v) is 32.1. The fourth-order valence-corrected chi connectivity index (χ4v) is 15.8. The summed E-state index contributed by atoms with van der Waals surface area (Å²) in [7, 11) is 3.28. The maximum Gasteiger partial charge on any atom is 0.407 e. The smallest absolute Gasteiger partial charge is 0.407 e. The number of hydrogen-bond acceptors (Lipinski definition) is 27. The van der Waals surface area contributed by atoms with Crippen LogP contribution in [0.1, 0.15) is 168 Å². The molecule has 3 aromatic carbocycles. The summed E-state index contributed by atoms with van der Waals surface area (Å²) in [6.45, 7) is 10.8. The molecule has 2 saturated heterocycles. The number of benzene rings is 3. The van der Waals surface area contributed by atoms with E-state index in [1.165, 1.54) is 24.2 Å². The zero-order valence-corrected chi connectivity index (χ0v) is 72.5. The normalized spacial score (nSPS) is 17.3. The number of anilines is 6. The summed E-state index contributed by atoms with van der Waals surface area (Å²) >= 11 is 0. The first-order valence-electron chi connectivity index (χ1n) is 43.5. The zero-order chi connectivity index (χ0) is 90.0. The maximum atomic E-state index is 14.1. The van der Waals surface area contributed by atoms with E-state index >= 15 is 0 Å². The number of hydrogen-bond donors (Lipinski definition) is 9. The van der Waals surface area contributed by atoms with Crippen molar-refractivity contribution in [1.82, 2.24) is 51.3 Å². The third-order valence-electron chi connectivity index (χ3n) is 22.8. The SMILES string of the molecule is CC[C@@H]1C(=O)N(C)c2cnc(Nc3ccc(C(=O)NC4CCN(CCOCCC(CC(=O)Nc5cccc6c5CN(C5CCC(=O)NC5=O)C6=O)NC(=O)OCc5ccc(NC(=O)[C@H](CCCCC(N)=O)NC(=O)[C@@H](CC(=O)CCOCCOCCOCCOCCOCCNC(=O)CCN6C(=O)C=CC6=O)C(C)C)cc5)CC4)cc3OC)nc2N1C1CCCC1. The summed E-state index contributed by atoms with van der Waals surface area (Å²) in [5, 5.41) is 22.9. The predicted molar refractivity (Wildman–Crippen MR) is 461 cm³/mol. The fraction of sp³-hybridized carbons (Fsp3) is 0.568. The van der Waals surface area contributed by atoms with Crippen molar-refractivity contribution in [3.63, 3.8) is 0 Å². The van der Waals surface area contributed by atoms with Crippen LogP contribution in [-0.4, -0.2) is 270 Å². The number of nitrogens with one attached hydrogen (secondary N) is 8. The van der Waals surface area contributed by atoms with Crippen molar-refractivity contribution in [3.8, 4) is 5.75 Å². The van der Waals surface area contributed by atoms with Crippen molar-refractivity contribution in [2.45, 2.75) is 186 Å². The fourth-order valence-electron chi connectivity index (χ4n) is 15.8. The van der Waals surface area contributed by atoms with Crippen LogP contribution in [0.4, 0.5) is 39.3 Å². The molecule has 0 radical (unpaired) electrons. The monoisotopic (exact) mass is 1750 g/mol. The van der Waals surface area contributed by atoms with Gasteiger partial charge < -0.3 is 100 Å². The van der Waals surface area contributed by atoms with E-state index < -0.39 is 83.3 Å². The van der Waals surface area contributed by atoms with Crippen molar-refractivity contribution in [3.05, 3.63) is 101 Å². The Morgan fingerprint density at radius 2 is 1.37 bits per heavy atom. The van der Waals surface area contributed by atoms with Crippen LogP contribution < -0.4 is 62.8 Å². The molecule has 0 bridgehead atoms. The number of rotatable bonds is 53. The molecule has 5 atom stereocenters. The number of alkyl carbamates (subject to hydrolysis) is 1. The van der Waals surface area contributed by atoms with Gasteiger partial charge in [-0.3, -0.25) is 72.5 Å². The van der Waals surface area contributed by atoms with Crippen molar-refractivity contribution in [2.75, 3.05) is 152 Å². The van der Waals surface area contributed by atoms with Gasteiger partial charge in [-0.1, -0.05) is 58.2 Å². The number of ether oxygens (including phenoxy) is 8. The second kappa shape index (κ2) is 49.5. The lowest BCUT2D eigenvalue weighted by Crippen LogP contribution is -2.55. The number of likely N-dealkylation sites (tertiary alicyclic amines) is 1. The number of Topliss-reactive ketones (excluding diaryl/α,β-unsaturated/α-hetero) is 1. The first-order valence-corrected chi connectivity index (χ1v) is 43.5. The number of fused-ring (bicyclic) bond motifs is 2. The van der Waals surface area contributed by atoms with Crippen LogP contribution in [0.2, 0.25) is 0 Å². The Morgan fingerprint density at radius 3 is 2.03 bits per heavy atom. The molecule has 10 rings (SSSR count). The van der Waals surface area contributed by atoms with Gasteiger partial charge in [0.05, 0.1) is 91.7 Å². The standard InChI is InChI=1S/C88H120N16O22/c1-6-70-86(117)100(4)72-53-91-87(99-80(72)104(70)62-12-7-8-13-62)97-68-23-20-58(50-73(68)119-5)81(112)92-60-28-34-101(35-29-60)37-41-120-38-31-61(51-77(109)95-67-16-11-14-64-66(67)54-103(85(64)116)71-24-25-76(108)98-84(71)115)94-88(118)126-55-57-18-21-59(22-19-57)93-83(114)69(15-9-10-17-74(89)106)96-82(113)65(56(2)3)52-63(105)32-39-121-42-44-123-46-48-125-49-47-124-45-43-122-40-33-90-75(107)30-36-102-78(110)26-27-79(102)111/h11,14,16,18-23,26-27,50,53,56,60-62,65,69-71H,6-10,12-13,15,17,24-25,28-49,51-52,54-55H2,1-5H3,(H2,89,106)(H,90,107)(H,92,112)(H,93,114)(H,94,118)(H,95,109)(H,96,113)(H,91,97,99)(H,98,108,115)/t61?,65-,69-,70+,71?/m0/s1. The van der Waals surface area contributed by atoms with Crippen molar-refractivity contribution < 1.29 is 105 Å². The predicted octanol–water partition coefficient (Wildman–Crippen LogP) is 5.02. The number of nitrogens with zero attached hydrogens (tertiary/aromatic N) is 7. The number of methoxy groups -OCH3 is 1. The number of carbonyl (C=O) groups is 14. The molecule has 6 aliphatic rings. The molecular weight excluding hydrogens is 1630 g/mol. The van der Waals surface area contributed by atoms with E-state index in [1.54, 1.807) is 92.7 Å². The quantitative estimate of drug-likeness (QED) is 0.0207. The molecule has 684 valence electrons. The minimum Gasteiger partial charge on any atom is -0.495 e. The summed E-state index contributed by atoms with van der Waals surface area (Å²) < 4.78 is 45.3. The number of ketones is 1. The molecule has 4 aromatic rings. The number of aromatic nitrogens is 2. The molecule has 13 amide bonds. The molecule has 0 spiro atoms. The van der Waals surface area contributed by atoms with E-state index in [1.807, 2.05) is 6.92 Å². The van der Waals surface area contributed by atoms with Gasteiger partial charge in [-0.25, -0.2) is 9.78 Å². The summed E-state index contributed by atoms with van der Waals surface area (Å²) in [5.74, 6) is -4.72. The number of likely N-dealkylation sites (N-methyl/N-ethyl adjacent to an activating group) is 1. The Morgan fingerprint density at radius 1 is 0.683 bits per heavy atom. The van der Waals surface area contributed by atoms with Gasteiger partial charge in [0.1, 0.15) is 42.0 Å². The van der Waals surface area contributed by atoms with E-state index in [2.05, 4.69) is 57.3 Å². The molecule has 38 nitrogen and oxygen atoms in total. The largest absolute Gasteiger partial charge is 0.495 e. The molecule has 1 aliphatic carbocycles. The zero-order valence-electron chi connectivity index (χ0n) is 72.5. The Labute approximate surface area is 732 Å². The maximum absolute atomic E-state index is 14.1. The van der Waals surface area contributed by atoms with E-state index in [0.717, 1.165) is 30.6 Å². The van der Waals surface area contributed by atoms with Gasteiger partial charge in [-0.2, -0.15) is 4.98 Å². The van der Waals surface area contributed by atoms with Gasteiger partial charge in [0.25, 0.3) is 23.6 Å². The molecule has 5 aliphatic heterocycles. The highest BCUT2D eigenvalue weighted by Gasteiger charge is 2.43. The highest BCUT2D eigenvalue weighted by atomic mass is 16.6. The number of carbonyl (C=O) groups excluding carboxylic acids is 14. The summed E-state index contributed by atoms with van der Waals surface area (Å²) in [5.41, 5.74) is 9.04. The number of piperidine rings is 2. The second-order valence-electron chi connectivity index (χ2n) is 32.1. The van der Waals surface area contributed by atoms with E-state index in [4.69, 9.17) is 48.6 Å². The Hall–Kier alpha value is -11.4. The topological polar surface area (TPSA) is 477 Å². The Kier molecular flexibility index (Phi) is 38.0. The molecule has 1 saturated carbocycles. The molecule has 38 heteroatoms. The van der Waals surface area contributed by atoms with E-state index in [0.29, 0.717) is 161 Å². The first-order chi connectivity index (χ1) is 60.8. The van der Waals surface area contributed by atoms with E-state index in [9.17, 15) is 67.1 Å². The molecule has 10 N–H and O–H groups in total. The lowest BCUT2D eigenvalue weighted by atomic mass is 9.88. The number of imide groups is 2. The highest BCUT2D eigenvalue weighted by Crippen LogP contribution is 2.41. The Balaban J connectivity index is 0.642. The summed E-state index contributed by atoms with van der Waals surface area (Å²) in [6.07, 6.45) is 10.3. The number of amides is 13. The first kappa shape index (κ1) is 96.8. The van der Waals surface area contributed by atoms with Crippen LogP contribution in [0.25, 0.3) is 0 Å². The lowest BCUT2D eigenvalue weighted by Gasteiger charge is -2.43. The molecule has 6 heterocycles. The van der Waals surface area contributed by atoms with Crippen LogP contribution in [0.15, 0.2) is 79.0 Å². The summed E-state index contributed by atoms with van der Waals surface area (Å²) in [6, 6.07) is 13.5. The average Bonchev–Trinajstić information content (AvgIpc) is 0.819. The van der Waals surface area contributed by atoms with E-state index in [-0.39, 0.29) is 165 Å². The van der Waals surface area contributed by atoms with Crippen molar-refractivity contribution in [1.29, 1.82) is 0 Å². The third-order valence-corrected chi connectivity index (χ3v) is 22.8. The van der Waals surface area contributed by atoms with Crippen molar-refractivity contribution in [2.24, 2.45) is 17.6 Å². The minimum atomic E-state index is -1.07. The molecule has 126 heavy (non-hydrogen) atoms. The number of primary amides is 1. The van der Waals surface area contributed by atoms with Crippen LogP contribution >= 0.6 is 0 Å². The van der Waals surface area contributed by atoms with Crippen LogP contribution in [0, 0.1) is 11.8 Å². The van der Waals surface area contributed by atoms with Gasteiger partial charge in [0.2, 0.25) is 53.2 Å². The van der Waals surface area contributed by atoms with Crippen LogP contribution in [-0.2, 0) is 99.0 Å². The molecule has 1 aromatic heterocycles. The number of unbranched alkanes of at least 4 members (excludes halogenated alkanes) is 1. The third kappa shape index (κ3) is 29.1. The lowest BCUT2D eigenvalue weighted by molar-refractivity contribution is -0.138.